The molecular formula is C32H40N6O7. The Balaban J connectivity index is 0.000000242. The van der Waals surface area contributed by atoms with Crippen LogP contribution in [0.4, 0.5) is 4.79 Å². The third-order valence-electron chi connectivity index (χ3n) is 7.24. The van der Waals surface area contributed by atoms with E-state index >= 15 is 0 Å². The minimum Gasteiger partial charge on any atom is -0.481 e. The zero-order valence-corrected chi connectivity index (χ0v) is 26.3. The summed E-state index contributed by atoms with van der Waals surface area (Å²) in [5, 5.41) is 4.65. The molecule has 0 unspecified atom stereocenters. The molecule has 0 radical (unpaired) electrons. The molecule has 0 spiro atoms. The molecule has 1 N–H and O–H groups in total. The van der Waals surface area contributed by atoms with Gasteiger partial charge in [0.2, 0.25) is 11.8 Å². The number of hydrogen-bond acceptors (Lipinski definition) is 10. The maximum absolute atomic E-state index is 12.4. The van der Waals surface area contributed by atoms with Gasteiger partial charge < -0.3 is 29.2 Å². The summed E-state index contributed by atoms with van der Waals surface area (Å²) in [4.78, 5) is 57.3. The van der Waals surface area contributed by atoms with Crippen molar-refractivity contribution in [2.24, 2.45) is 0 Å². The SMILES string of the molecule is COc1ccc2ccc(=O)n(CC=O)c2n1.COc1ccc2ccc(=O)n(CCN3CCC(NC(=O)OC(C)(C)C)CC3)c2n1. The van der Waals surface area contributed by atoms with Crippen molar-refractivity contribution in [3.05, 3.63) is 69.2 Å². The van der Waals surface area contributed by atoms with Crippen molar-refractivity contribution in [3.8, 4) is 11.8 Å². The van der Waals surface area contributed by atoms with Crippen molar-refractivity contribution in [3.63, 3.8) is 0 Å². The van der Waals surface area contributed by atoms with Gasteiger partial charge in [-0.3, -0.25) is 18.7 Å². The van der Waals surface area contributed by atoms with Crippen molar-refractivity contribution in [1.29, 1.82) is 0 Å². The standard InChI is InChI=1S/C21H30N4O4.C11H10N2O3/c1-21(2,3)29-20(27)22-16-9-11-24(12-10-16)13-14-25-18(26)8-6-15-5-7-17(28-4)23-19(15)25;1-16-9-4-2-8-3-5-10(15)13(6-7-14)11(8)12-9/h5-8,16H,9-14H2,1-4H3,(H,22,27);2-5,7H,6H2,1H3. The van der Waals surface area contributed by atoms with E-state index < -0.39 is 5.60 Å². The lowest BCUT2D eigenvalue weighted by Gasteiger charge is -2.32. The molecule has 1 aliphatic rings. The van der Waals surface area contributed by atoms with Crippen molar-refractivity contribution < 1.29 is 23.8 Å². The first-order valence-corrected chi connectivity index (χ1v) is 14.8. The molecule has 1 amide bonds. The number of piperidine rings is 1. The lowest BCUT2D eigenvalue weighted by molar-refractivity contribution is -0.108. The summed E-state index contributed by atoms with van der Waals surface area (Å²) in [5.41, 5.74) is 0.282. The first-order valence-electron chi connectivity index (χ1n) is 14.8. The van der Waals surface area contributed by atoms with Crippen LogP contribution in [0.3, 0.4) is 0 Å². The average molecular weight is 621 g/mol. The van der Waals surface area contributed by atoms with Gasteiger partial charge in [-0.25, -0.2) is 4.79 Å². The second-order valence-corrected chi connectivity index (χ2v) is 11.6. The number of aromatic nitrogens is 4. The van der Waals surface area contributed by atoms with Crippen LogP contribution in [0.15, 0.2) is 58.1 Å². The average Bonchev–Trinajstić information content (AvgIpc) is 3.01. The van der Waals surface area contributed by atoms with Gasteiger partial charge in [0, 0.05) is 67.3 Å². The first-order chi connectivity index (χ1) is 21.5. The van der Waals surface area contributed by atoms with Crippen LogP contribution in [-0.4, -0.2) is 81.9 Å². The van der Waals surface area contributed by atoms with Crippen LogP contribution in [0, 0.1) is 0 Å². The number of alkyl carbamates (subject to hydrolysis) is 1. The molecule has 5 heterocycles. The smallest absolute Gasteiger partial charge is 0.407 e. The second kappa shape index (κ2) is 14.8. The van der Waals surface area contributed by atoms with Gasteiger partial charge >= 0.3 is 6.09 Å². The lowest BCUT2D eigenvalue weighted by atomic mass is 10.1. The Morgan fingerprint density at radius 1 is 0.844 bits per heavy atom. The number of nitrogens with zero attached hydrogens (tertiary/aromatic N) is 5. The zero-order chi connectivity index (χ0) is 32.6. The fourth-order valence-corrected chi connectivity index (χ4v) is 5.00. The molecule has 0 bridgehead atoms. The summed E-state index contributed by atoms with van der Waals surface area (Å²) in [6, 6.07) is 13.8. The molecule has 0 aromatic carbocycles. The van der Waals surface area contributed by atoms with Gasteiger partial charge in [0.15, 0.2) is 0 Å². The number of amides is 1. The van der Waals surface area contributed by atoms with Gasteiger partial charge in [-0.05, 0) is 57.9 Å². The number of aldehydes is 1. The molecule has 0 saturated carbocycles. The van der Waals surface area contributed by atoms with Gasteiger partial charge in [-0.15, -0.1) is 0 Å². The molecule has 240 valence electrons. The number of ether oxygens (including phenoxy) is 3. The van der Waals surface area contributed by atoms with E-state index in [4.69, 9.17) is 14.2 Å². The summed E-state index contributed by atoms with van der Waals surface area (Å²) in [5.74, 6) is 0.906. The fourth-order valence-electron chi connectivity index (χ4n) is 5.00. The largest absolute Gasteiger partial charge is 0.481 e. The third-order valence-corrected chi connectivity index (χ3v) is 7.24. The molecule has 1 fully saturated rings. The number of fused-ring (bicyclic) bond motifs is 2. The van der Waals surface area contributed by atoms with E-state index in [1.807, 2.05) is 26.8 Å². The van der Waals surface area contributed by atoms with E-state index in [1.165, 1.54) is 17.7 Å². The monoisotopic (exact) mass is 620 g/mol. The first kappa shape index (κ1) is 33.1. The normalized spacial score (nSPS) is 14.0. The van der Waals surface area contributed by atoms with E-state index in [1.54, 1.807) is 48.1 Å². The number of rotatable bonds is 8. The summed E-state index contributed by atoms with van der Waals surface area (Å²) in [6.07, 6.45) is 2.02. The molecule has 45 heavy (non-hydrogen) atoms. The van der Waals surface area contributed by atoms with Gasteiger partial charge in [-0.2, -0.15) is 9.97 Å². The maximum Gasteiger partial charge on any atom is 0.407 e. The number of nitrogens with one attached hydrogen (secondary N) is 1. The minimum atomic E-state index is -0.493. The third kappa shape index (κ3) is 8.88. The van der Waals surface area contributed by atoms with Crippen LogP contribution in [0.2, 0.25) is 0 Å². The quantitative estimate of drug-likeness (QED) is 0.292. The van der Waals surface area contributed by atoms with E-state index in [9.17, 15) is 19.2 Å². The maximum atomic E-state index is 12.4. The van der Waals surface area contributed by atoms with Gasteiger partial charge in [-0.1, -0.05) is 0 Å². The van der Waals surface area contributed by atoms with Gasteiger partial charge in [0.25, 0.3) is 11.1 Å². The van der Waals surface area contributed by atoms with Crippen LogP contribution in [0.25, 0.3) is 22.1 Å². The molecule has 1 saturated heterocycles. The Morgan fingerprint density at radius 2 is 1.36 bits per heavy atom. The second-order valence-electron chi connectivity index (χ2n) is 11.6. The van der Waals surface area contributed by atoms with Crippen LogP contribution in [0.5, 0.6) is 11.8 Å². The Labute approximate surface area is 260 Å². The van der Waals surface area contributed by atoms with Crippen molar-refractivity contribution in [1.82, 2.24) is 29.3 Å². The molecule has 1 aliphatic heterocycles. The fraction of sp³-hybridized carbons (Fsp3) is 0.438. The van der Waals surface area contributed by atoms with Crippen molar-refractivity contribution in [2.75, 3.05) is 33.9 Å². The molecule has 4 aromatic heterocycles. The highest BCUT2D eigenvalue weighted by molar-refractivity contribution is 5.76. The van der Waals surface area contributed by atoms with Crippen LogP contribution >= 0.6 is 0 Å². The minimum absolute atomic E-state index is 0.00363. The summed E-state index contributed by atoms with van der Waals surface area (Å²) >= 11 is 0. The van der Waals surface area contributed by atoms with Crippen LogP contribution in [-0.2, 0) is 22.6 Å². The highest BCUT2D eigenvalue weighted by atomic mass is 16.6. The predicted molar refractivity (Wildman–Crippen MR) is 170 cm³/mol. The highest BCUT2D eigenvalue weighted by Gasteiger charge is 2.23. The molecule has 0 atom stereocenters. The van der Waals surface area contributed by atoms with Crippen LogP contribution in [0.1, 0.15) is 33.6 Å². The number of pyridine rings is 4. The van der Waals surface area contributed by atoms with Gasteiger partial charge in [0.05, 0.1) is 20.8 Å². The zero-order valence-electron chi connectivity index (χ0n) is 26.3. The molecular weight excluding hydrogens is 580 g/mol. The topological polar surface area (TPSA) is 147 Å². The van der Waals surface area contributed by atoms with Crippen molar-refractivity contribution in [2.45, 2.75) is 58.3 Å². The Morgan fingerprint density at radius 3 is 1.87 bits per heavy atom. The lowest BCUT2D eigenvalue weighted by Crippen LogP contribution is -2.46. The number of carbonyl (C=O) groups excluding carboxylic acids is 2. The molecule has 13 heteroatoms. The van der Waals surface area contributed by atoms with E-state index in [0.29, 0.717) is 35.9 Å². The highest BCUT2D eigenvalue weighted by Crippen LogP contribution is 2.17. The summed E-state index contributed by atoms with van der Waals surface area (Å²) in [7, 11) is 3.06. The molecule has 0 aliphatic carbocycles. The number of likely N-dealkylation sites (tertiary alicyclic amines) is 1. The Kier molecular flexibility index (Phi) is 10.9. The summed E-state index contributed by atoms with van der Waals surface area (Å²) in [6.45, 7) is 8.58. The molecule has 4 aromatic rings. The van der Waals surface area contributed by atoms with Gasteiger partial charge in [0.1, 0.15) is 23.2 Å². The van der Waals surface area contributed by atoms with E-state index in [0.717, 1.165) is 43.2 Å². The number of hydrogen-bond donors (Lipinski definition) is 1. The Hall–Kier alpha value is -4.78. The Bertz CT molecular complexity index is 1750. The van der Waals surface area contributed by atoms with Crippen LogP contribution < -0.4 is 25.9 Å². The predicted octanol–water partition coefficient (Wildman–Crippen LogP) is 3.00. The summed E-state index contributed by atoms with van der Waals surface area (Å²) < 4.78 is 18.5. The van der Waals surface area contributed by atoms with E-state index in [-0.39, 0.29) is 29.8 Å². The number of carbonyl (C=O) groups is 2. The number of methoxy groups -OCH3 is 2. The molecule has 13 nitrogen and oxygen atoms in total. The van der Waals surface area contributed by atoms with E-state index in [2.05, 4.69) is 20.2 Å². The molecule has 5 rings (SSSR count). The van der Waals surface area contributed by atoms with Crippen molar-refractivity contribution >= 4 is 34.4 Å².